The van der Waals surface area contributed by atoms with Gasteiger partial charge in [0.2, 0.25) is 0 Å². The molecule has 0 saturated heterocycles. The van der Waals surface area contributed by atoms with Gasteiger partial charge in [0.15, 0.2) is 5.11 Å². The summed E-state index contributed by atoms with van der Waals surface area (Å²) >= 11 is 4.96. The van der Waals surface area contributed by atoms with Gasteiger partial charge in [-0.3, -0.25) is 0 Å². The first-order valence-corrected chi connectivity index (χ1v) is 5.58. The van der Waals surface area contributed by atoms with E-state index in [2.05, 4.69) is 11.8 Å². The Hall–Kier alpha value is -0.310. The molecule has 0 bridgehead atoms. The molecular weight excluding hydrogens is 180 g/mol. The van der Waals surface area contributed by atoms with Crippen LogP contribution in [0.2, 0.25) is 0 Å². The molecule has 0 atom stereocenters. The van der Waals surface area contributed by atoms with Gasteiger partial charge >= 0.3 is 0 Å². The Morgan fingerprint density at radius 3 is 2.31 bits per heavy atom. The minimum Gasteiger partial charge on any atom is -0.376 e. The smallest absolute Gasteiger partial charge is 0.166 e. The van der Waals surface area contributed by atoms with Crippen molar-refractivity contribution in [3.63, 3.8) is 0 Å². The van der Waals surface area contributed by atoms with Crippen LogP contribution < -0.4 is 5.73 Å². The van der Waals surface area contributed by atoms with Crippen LogP contribution in [-0.4, -0.2) is 23.1 Å². The summed E-state index contributed by atoms with van der Waals surface area (Å²) in [5.74, 6) is 0.941. The van der Waals surface area contributed by atoms with Crippen molar-refractivity contribution >= 4 is 17.3 Å². The van der Waals surface area contributed by atoms with Gasteiger partial charge in [-0.25, -0.2) is 0 Å². The minimum atomic E-state index is 0.542. The topological polar surface area (TPSA) is 29.3 Å². The van der Waals surface area contributed by atoms with Gasteiger partial charge in [-0.2, -0.15) is 0 Å². The third-order valence-corrected chi connectivity index (χ3v) is 3.58. The third-order valence-electron chi connectivity index (χ3n) is 3.29. The second kappa shape index (κ2) is 4.80. The maximum atomic E-state index is 5.59. The highest BCUT2D eigenvalue weighted by Crippen LogP contribution is 2.28. The summed E-state index contributed by atoms with van der Waals surface area (Å²) < 4.78 is 0. The van der Waals surface area contributed by atoms with Gasteiger partial charge in [0.25, 0.3) is 0 Å². The van der Waals surface area contributed by atoms with Crippen molar-refractivity contribution in [1.29, 1.82) is 0 Å². The van der Waals surface area contributed by atoms with Crippen LogP contribution in [0.25, 0.3) is 0 Å². The standard InChI is InChI=1S/C10H20N2S/c1-3-8-4-6-9(7-5-8)12(2)10(11)13/h8-9H,3-7H2,1-2H3,(H2,11,13). The Balaban J connectivity index is 2.36. The fourth-order valence-corrected chi connectivity index (χ4v) is 2.27. The largest absolute Gasteiger partial charge is 0.376 e. The fourth-order valence-electron chi connectivity index (χ4n) is 2.12. The van der Waals surface area contributed by atoms with E-state index in [9.17, 15) is 0 Å². The van der Waals surface area contributed by atoms with Gasteiger partial charge in [0.05, 0.1) is 0 Å². The summed E-state index contributed by atoms with van der Waals surface area (Å²) in [5, 5.41) is 0.542. The molecule has 0 aromatic rings. The summed E-state index contributed by atoms with van der Waals surface area (Å²) in [5.41, 5.74) is 5.59. The van der Waals surface area contributed by atoms with E-state index >= 15 is 0 Å². The van der Waals surface area contributed by atoms with Crippen LogP contribution in [0.5, 0.6) is 0 Å². The molecule has 0 heterocycles. The average Bonchev–Trinajstić information content (AvgIpc) is 2.17. The number of hydrogen-bond acceptors (Lipinski definition) is 1. The van der Waals surface area contributed by atoms with Crippen LogP contribution >= 0.6 is 12.2 Å². The lowest BCUT2D eigenvalue weighted by Gasteiger charge is -2.34. The predicted molar refractivity (Wildman–Crippen MR) is 60.6 cm³/mol. The van der Waals surface area contributed by atoms with Crippen molar-refractivity contribution in [1.82, 2.24) is 4.90 Å². The van der Waals surface area contributed by atoms with Crippen LogP contribution in [0.15, 0.2) is 0 Å². The van der Waals surface area contributed by atoms with E-state index < -0.39 is 0 Å². The van der Waals surface area contributed by atoms with E-state index in [4.69, 9.17) is 18.0 Å². The maximum absolute atomic E-state index is 5.59. The Bertz CT molecular complexity index is 174. The average molecular weight is 200 g/mol. The van der Waals surface area contributed by atoms with Crippen molar-refractivity contribution in [3.05, 3.63) is 0 Å². The SMILES string of the molecule is CCC1CCC(N(C)C(N)=S)CC1. The van der Waals surface area contributed by atoms with Crippen molar-refractivity contribution in [3.8, 4) is 0 Å². The van der Waals surface area contributed by atoms with Gasteiger partial charge in [-0.05, 0) is 43.8 Å². The van der Waals surface area contributed by atoms with E-state index in [1.54, 1.807) is 0 Å². The number of thiocarbonyl (C=S) groups is 1. The van der Waals surface area contributed by atoms with Crippen molar-refractivity contribution in [2.45, 2.75) is 45.1 Å². The maximum Gasteiger partial charge on any atom is 0.166 e. The lowest BCUT2D eigenvalue weighted by molar-refractivity contribution is 0.227. The monoisotopic (exact) mass is 200 g/mol. The highest BCUT2D eigenvalue weighted by molar-refractivity contribution is 7.80. The lowest BCUT2D eigenvalue weighted by Crippen LogP contribution is -2.42. The Kier molecular flexibility index (Phi) is 3.97. The van der Waals surface area contributed by atoms with E-state index in [-0.39, 0.29) is 0 Å². The highest BCUT2D eigenvalue weighted by atomic mass is 32.1. The molecule has 0 radical (unpaired) electrons. The molecule has 1 aliphatic rings. The van der Waals surface area contributed by atoms with Crippen LogP contribution in [0.4, 0.5) is 0 Å². The zero-order chi connectivity index (χ0) is 9.84. The Morgan fingerprint density at radius 2 is 1.92 bits per heavy atom. The molecule has 13 heavy (non-hydrogen) atoms. The van der Waals surface area contributed by atoms with Gasteiger partial charge in [0.1, 0.15) is 0 Å². The third kappa shape index (κ3) is 2.83. The van der Waals surface area contributed by atoms with Gasteiger partial charge in [0, 0.05) is 13.1 Å². The molecule has 1 fully saturated rings. The Morgan fingerprint density at radius 1 is 1.38 bits per heavy atom. The molecule has 0 unspecified atom stereocenters. The molecule has 2 N–H and O–H groups in total. The highest BCUT2D eigenvalue weighted by Gasteiger charge is 2.23. The van der Waals surface area contributed by atoms with E-state index in [1.807, 2.05) is 7.05 Å². The van der Waals surface area contributed by atoms with Crippen LogP contribution in [0, 0.1) is 5.92 Å². The molecule has 2 nitrogen and oxygen atoms in total. The molecule has 0 amide bonds. The number of nitrogens with zero attached hydrogens (tertiary/aromatic N) is 1. The molecule has 0 spiro atoms. The summed E-state index contributed by atoms with van der Waals surface area (Å²) in [6, 6.07) is 0.597. The molecular formula is C10H20N2S. The zero-order valence-corrected chi connectivity index (χ0v) is 9.44. The van der Waals surface area contributed by atoms with Crippen molar-refractivity contribution in [2.75, 3.05) is 7.05 Å². The molecule has 1 aliphatic carbocycles. The summed E-state index contributed by atoms with van der Waals surface area (Å²) in [6.07, 6.45) is 6.52. The van der Waals surface area contributed by atoms with Crippen LogP contribution in [0.3, 0.4) is 0 Å². The lowest BCUT2D eigenvalue weighted by atomic mass is 9.84. The van der Waals surface area contributed by atoms with Crippen molar-refractivity contribution < 1.29 is 0 Å². The fraction of sp³-hybridized carbons (Fsp3) is 0.900. The second-order valence-corrected chi connectivity index (χ2v) is 4.45. The molecule has 1 saturated carbocycles. The van der Waals surface area contributed by atoms with E-state index in [1.165, 1.54) is 32.1 Å². The quantitative estimate of drug-likeness (QED) is 0.692. The van der Waals surface area contributed by atoms with Gasteiger partial charge in [-0.15, -0.1) is 0 Å². The van der Waals surface area contributed by atoms with E-state index in [0.29, 0.717) is 11.2 Å². The minimum absolute atomic E-state index is 0.542. The molecule has 0 aliphatic heterocycles. The predicted octanol–water partition coefficient (Wildman–Crippen LogP) is 2.13. The van der Waals surface area contributed by atoms with Crippen LogP contribution in [-0.2, 0) is 0 Å². The number of nitrogens with two attached hydrogens (primary N) is 1. The number of hydrogen-bond donors (Lipinski definition) is 1. The van der Waals surface area contributed by atoms with Gasteiger partial charge < -0.3 is 10.6 Å². The van der Waals surface area contributed by atoms with Crippen molar-refractivity contribution in [2.24, 2.45) is 11.7 Å². The molecule has 76 valence electrons. The summed E-state index contributed by atoms with van der Waals surface area (Å²) in [7, 11) is 2.01. The summed E-state index contributed by atoms with van der Waals surface area (Å²) in [4.78, 5) is 2.06. The normalized spacial score (nSPS) is 28.5. The van der Waals surface area contributed by atoms with E-state index in [0.717, 1.165) is 5.92 Å². The Labute approximate surface area is 86.5 Å². The first-order chi connectivity index (χ1) is 6.15. The number of rotatable bonds is 2. The van der Waals surface area contributed by atoms with Crippen LogP contribution in [0.1, 0.15) is 39.0 Å². The van der Waals surface area contributed by atoms with Gasteiger partial charge in [-0.1, -0.05) is 13.3 Å². The first kappa shape index (κ1) is 10.8. The zero-order valence-electron chi connectivity index (χ0n) is 8.62. The first-order valence-electron chi connectivity index (χ1n) is 5.17. The second-order valence-electron chi connectivity index (χ2n) is 4.03. The molecule has 0 aromatic heterocycles. The summed E-state index contributed by atoms with van der Waals surface area (Å²) in [6.45, 7) is 2.28. The molecule has 0 aromatic carbocycles. The molecule has 1 rings (SSSR count). The molecule has 3 heteroatoms.